The minimum absolute atomic E-state index is 0.0326. The van der Waals surface area contributed by atoms with Crippen molar-refractivity contribution in [2.24, 2.45) is 0 Å². The van der Waals surface area contributed by atoms with E-state index in [0.29, 0.717) is 5.89 Å². The highest BCUT2D eigenvalue weighted by Crippen LogP contribution is 2.16. The van der Waals surface area contributed by atoms with Gasteiger partial charge in [-0.25, -0.2) is 13.1 Å². The number of sulfonamides is 1. The average Bonchev–Trinajstić information content (AvgIpc) is 2.73. The number of nitrogens with zero attached hydrogens (tertiary/aromatic N) is 2. The molecule has 1 aromatic carbocycles. The van der Waals surface area contributed by atoms with Crippen LogP contribution in [0.25, 0.3) is 0 Å². The van der Waals surface area contributed by atoms with Gasteiger partial charge < -0.3 is 10.3 Å². The molecule has 8 heteroatoms. The molecule has 0 radical (unpaired) electrons. The topological polar surface area (TPSA) is 111 Å². The molecule has 18 heavy (non-hydrogen) atoms. The van der Waals surface area contributed by atoms with Gasteiger partial charge in [-0.1, -0.05) is 17.3 Å². The first-order valence-corrected chi connectivity index (χ1v) is 6.61. The zero-order valence-electron chi connectivity index (χ0n) is 9.62. The van der Waals surface area contributed by atoms with Crippen molar-refractivity contribution in [3.05, 3.63) is 36.0 Å². The summed E-state index contributed by atoms with van der Waals surface area (Å²) in [5.74, 6) is 0.647. The highest BCUT2D eigenvalue weighted by atomic mass is 32.2. The first-order chi connectivity index (χ1) is 8.49. The second kappa shape index (κ2) is 4.75. The Hall–Kier alpha value is -1.93. The molecule has 1 aromatic heterocycles. The fourth-order valence-electron chi connectivity index (χ4n) is 1.38. The Morgan fingerprint density at radius 3 is 2.72 bits per heavy atom. The van der Waals surface area contributed by atoms with Crippen LogP contribution in [0.2, 0.25) is 0 Å². The van der Waals surface area contributed by atoms with Gasteiger partial charge in [-0.2, -0.15) is 4.98 Å². The van der Waals surface area contributed by atoms with Crippen molar-refractivity contribution in [3.63, 3.8) is 0 Å². The maximum absolute atomic E-state index is 12.0. The van der Waals surface area contributed by atoms with E-state index in [9.17, 15) is 8.42 Å². The van der Waals surface area contributed by atoms with E-state index in [1.54, 1.807) is 19.1 Å². The van der Waals surface area contributed by atoms with Gasteiger partial charge in [0, 0.05) is 6.92 Å². The van der Waals surface area contributed by atoms with E-state index in [4.69, 9.17) is 10.3 Å². The summed E-state index contributed by atoms with van der Waals surface area (Å²) < 4.78 is 31.0. The molecule has 0 fully saturated rings. The monoisotopic (exact) mass is 268 g/mol. The second-order valence-corrected chi connectivity index (χ2v) is 5.33. The predicted molar refractivity (Wildman–Crippen MR) is 63.9 cm³/mol. The van der Waals surface area contributed by atoms with Gasteiger partial charge in [0.05, 0.1) is 12.2 Å². The minimum atomic E-state index is -3.68. The van der Waals surface area contributed by atoms with Crippen molar-refractivity contribution >= 4 is 15.7 Å². The summed E-state index contributed by atoms with van der Waals surface area (Å²) in [5, 5.41) is 3.59. The van der Waals surface area contributed by atoms with Crippen LogP contribution in [0.15, 0.2) is 33.7 Å². The molecule has 0 aliphatic heterocycles. The normalized spacial score (nSPS) is 11.6. The number of aryl methyl sites for hydroxylation is 1. The highest BCUT2D eigenvalue weighted by Gasteiger charge is 2.17. The van der Waals surface area contributed by atoms with Gasteiger partial charge in [-0.15, -0.1) is 0 Å². The predicted octanol–water partition coefficient (Wildman–Crippen LogP) is 0.439. The molecule has 0 unspecified atom stereocenters. The highest BCUT2D eigenvalue weighted by molar-refractivity contribution is 7.89. The number of nitrogen functional groups attached to an aromatic ring is 1. The molecule has 0 saturated carbocycles. The molecule has 0 atom stereocenters. The van der Waals surface area contributed by atoms with Crippen molar-refractivity contribution in [2.45, 2.75) is 18.4 Å². The third kappa shape index (κ3) is 2.66. The molecular weight excluding hydrogens is 256 g/mol. The number of aromatic nitrogens is 2. The van der Waals surface area contributed by atoms with Gasteiger partial charge in [0.25, 0.3) is 0 Å². The molecule has 1 heterocycles. The minimum Gasteiger partial charge on any atom is -0.398 e. The molecule has 0 aliphatic carbocycles. The van der Waals surface area contributed by atoms with Crippen molar-refractivity contribution < 1.29 is 12.9 Å². The van der Waals surface area contributed by atoms with Crippen LogP contribution < -0.4 is 10.5 Å². The summed E-state index contributed by atoms with van der Waals surface area (Å²) in [7, 11) is -3.68. The molecule has 0 saturated heterocycles. The molecule has 2 aromatic rings. The van der Waals surface area contributed by atoms with E-state index >= 15 is 0 Å². The van der Waals surface area contributed by atoms with Crippen LogP contribution in [0, 0.1) is 6.92 Å². The SMILES string of the molecule is Cc1nc(CNS(=O)(=O)c2ccccc2N)no1. The van der Waals surface area contributed by atoms with E-state index in [-0.39, 0.29) is 23.0 Å². The van der Waals surface area contributed by atoms with Crippen LogP contribution in [-0.2, 0) is 16.6 Å². The molecule has 0 aliphatic rings. The van der Waals surface area contributed by atoms with Crippen LogP contribution in [0.3, 0.4) is 0 Å². The zero-order valence-corrected chi connectivity index (χ0v) is 10.4. The van der Waals surface area contributed by atoms with Gasteiger partial charge in [-0.05, 0) is 12.1 Å². The standard InChI is InChI=1S/C10H12N4O3S/c1-7-13-10(14-17-7)6-12-18(15,16)9-5-3-2-4-8(9)11/h2-5,12H,6,11H2,1H3. The maximum atomic E-state index is 12.0. The van der Waals surface area contributed by atoms with Crippen molar-refractivity contribution in [3.8, 4) is 0 Å². The van der Waals surface area contributed by atoms with E-state index in [2.05, 4.69) is 14.9 Å². The Labute approximate surface area is 104 Å². The number of anilines is 1. The summed E-state index contributed by atoms with van der Waals surface area (Å²) in [5.41, 5.74) is 5.80. The van der Waals surface area contributed by atoms with Crippen LogP contribution in [0.1, 0.15) is 11.7 Å². The number of hydrogen-bond donors (Lipinski definition) is 2. The number of nitrogens with one attached hydrogen (secondary N) is 1. The van der Waals surface area contributed by atoms with Gasteiger partial charge in [0.2, 0.25) is 15.9 Å². The van der Waals surface area contributed by atoms with E-state index < -0.39 is 10.0 Å². The zero-order chi connectivity index (χ0) is 13.2. The molecule has 0 amide bonds. The van der Waals surface area contributed by atoms with Crippen molar-refractivity contribution in [1.29, 1.82) is 0 Å². The first-order valence-electron chi connectivity index (χ1n) is 5.12. The van der Waals surface area contributed by atoms with Crippen molar-refractivity contribution in [1.82, 2.24) is 14.9 Å². The van der Waals surface area contributed by atoms with Gasteiger partial charge in [-0.3, -0.25) is 0 Å². The molecule has 3 N–H and O–H groups in total. The Kier molecular flexibility index (Phi) is 3.30. The van der Waals surface area contributed by atoms with Crippen LogP contribution in [-0.4, -0.2) is 18.6 Å². The van der Waals surface area contributed by atoms with Crippen molar-refractivity contribution in [2.75, 3.05) is 5.73 Å². The quantitative estimate of drug-likeness (QED) is 0.778. The lowest BCUT2D eigenvalue weighted by Crippen LogP contribution is -2.24. The summed E-state index contributed by atoms with van der Waals surface area (Å²) >= 11 is 0. The largest absolute Gasteiger partial charge is 0.398 e. The third-order valence-electron chi connectivity index (χ3n) is 2.20. The van der Waals surface area contributed by atoms with E-state index in [0.717, 1.165) is 0 Å². The molecule has 0 bridgehead atoms. The van der Waals surface area contributed by atoms with E-state index in [1.165, 1.54) is 12.1 Å². The van der Waals surface area contributed by atoms with Gasteiger partial charge >= 0.3 is 0 Å². The van der Waals surface area contributed by atoms with Gasteiger partial charge in [0.15, 0.2) is 5.82 Å². The number of hydrogen-bond acceptors (Lipinski definition) is 6. The number of nitrogens with two attached hydrogens (primary N) is 1. The Morgan fingerprint density at radius 2 is 2.11 bits per heavy atom. The van der Waals surface area contributed by atoms with Gasteiger partial charge in [0.1, 0.15) is 4.90 Å². The summed E-state index contributed by atoms with van der Waals surface area (Å²) in [6.07, 6.45) is 0. The van der Waals surface area contributed by atoms with Crippen LogP contribution >= 0.6 is 0 Å². The third-order valence-corrected chi connectivity index (χ3v) is 3.67. The maximum Gasteiger partial charge on any atom is 0.243 e. The second-order valence-electron chi connectivity index (χ2n) is 3.59. The Balaban J connectivity index is 2.16. The fraction of sp³-hybridized carbons (Fsp3) is 0.200. The lowest BCUT2D eigenvalue weighted by atomic mass is 10.3. The number of rotatable bonds is 4. The fourth-order valence-corrected chi connectivity index (χ4v) is 2.49. The summed E-state index contributed by atoms with van der Waals surface area (Å²) in [6, 6.07) is 6.21. The molecule has 7 nitrogen and oxygen atoms in total. The molecule has 0 spiro atoms. The number of benzene rings is 1. The first kappa shape index (κ1) is 12.5. The van der Waals surface area contributed by atoms with Crippen LogP contribution in [0.5, 0.6) is 0 Å². The molecular formula is C10H12N4O3S. The average molecular weight is 268 g/mol. The Bertz CT molecular complexity index is 651. The molecule has 2 rings (SSSR count). The van der Waals surface area contributed by atoms with E-state index in [1.807, 2.05) is 0 Å². The lowest BCUT2D eigenvalue weighted by molar-refractivity contribution is 0.387. The number of para-hydroxylation sites is 1. The molecule has 96 valence electrons. The Morgan fingerprint density at radius 1 is 1.39 bits per heavy atom. The smallest absolute Gasteiger partial charge is 0.243 e. The summed E-state index contributed by atoms with van der Waals surface area (Å²) in [4.78, 5) is 3.93. The van der Waals surface area contributed by atoms with Crippen LogP contribution in [0.4, 0.5) is 5.69 Å². The lowest BCUT2D eigenvalue weighted by Gasteiger charge is -2.06. The summed E-state index contributed by atoms with van der Waals surface area (Å²) in [6.45, 7) is 1.58.